The molecule has 0 amide bonds. The SMILES string of the molecule is CN(Cc1cncn1C)CC1CNCCO1. The summed E-state index contributed by atoms with van der Waals surface area (Å²) in [5.74, 6) is 0. The summed E-state index contributed by atoms with van der Waals surface area (Å²) in [7, 11) is 4.14. The van der Waals surface area contributed by atoms with E-state index in [1.54, 1.807) is 0 Å². The maximum atomic E-state index is 5.67. The van der Waals surface area contributed by atoms with Gasteiger partial charge in [0, 0.05) is 39.4 Å². The van der Waals surface area contributed by atoms with Gasteiger partial charge < -0.3 is 14.6 Å². The minimum atomic E-state index is 0.312. The van der Waals surface area contributed by atoms with Crippen LogP contribution in [0, 0.1) is 0 Å². The van der Waals surface area contributed by atoms with E-state index >= 15 is 0 Å². The Labute approximate surface area is 96.4 Å². The zero-order chi connectivity index (χ0) is 11.4. The molecule has 2 heterocycles. The predicted molar refractivity (Wildman–Crippen MR) is 62.2 cm³/mol. The molecule has 0 aromatic carbocycles. The smallest absolute Gasteiger partial charge is 0.0945 e. The summed E-state index contributed by atoms with van der Waals surface area (Å²) in [4.78, 5) is 6.39. The third kappa shape index (κ3) is 3.04. The molecule has 1 atom stereocenters. The first-order valence-electron chi connectivity index (χ1n) is 5.72. The van der Waals surface area contributed by atoms with Crippen LogP contribution in [0.2, 0.25) is 0 Å². The van der Waals surface area contributed by atoms with Crippen molar-refractivity contribution in [1.29, 1.82) is 0 Å². The summed E-state index contributed by atoms with van der Waals surface area (Å²) in [5.41, 5.74) is 1.23. The Kier molecular flexibility index (Phi) is 3.93. The number of nitrogens with zero attached hydrogens (tertiary/aromatic N) is 3. The van der Waals surface area contributed by atoms with Crippen LogP contribution in [0.4, 0.5) is 0 Å². The third-order valence-electron chi connectivity index (χ3n) is 2.87. The van der Waals surface area contributed by atoms with E-state index in [-0.39, 0.29) is 0 Å². The van der Waals surface area contributed by atoms with Gasteiger partial charge in [0.2, 0.25) is 0 Å². The number of aromatic nitrogens is 2. The number of morpholine rings is 1. The fraction of sp³-hybridized carbons (Fsp3) is 0.727. The summed E-state index contributed by atoms with van der Waals surface area (Å²) in [6.45, 7) is 4.62. The number of hydrogen-bond donors (Lipinski definition) is 1. The lowest BCUT2D eigenvalue weighted by atomic mass is 10.3. The van der Waals surface area contributed by atoms with Gasteiger partial charge in [0.05, 0.1) is 24.7 Å². The molecule has 90 valence electrons. The molecule has 0 aliphatic carbocycles. The maximum absolute atomic E-state index is 5.67. The average Bonchev–Trinajstić information content (AvgIpc) is 2.66. The second-order valence-electron chi connectivity index (χ2n) is 4.39. The lowest BCUT2D eigenvalue weighted by Gasteiger charge is -2.27. The van der Waals surface area contributed by atoms with Crippen molar-refractivity contribution in [3.05, 3.63) is 18.2 Å². The average molecular weight is 224 g/mol. The highest BCUT2D eigenvalue weighted by molar-refractivity contribution is 4.97. The van der Waals surface area contributed by atoms with Gasteiger partial charge in [-0.05, 0) is 7.05 Å². The number of ether oxygens (including phenoxy) is 1. The Hall–Kier alpha value is -0.910. The molecule has 0 bridgehead atoms. The van der Waals surface area contributed by atoms with E-state index < -0.39 is 0 Å². The Morgan fingerprint density at radius 2 is 2.56 bits per heavy atom. The van der Waals surface area contributed by atoms with Crippen LogP contribution in [0.5, 0.6) is 0 Å². The molecule has 5 nitrogen and oxygen atoms in total. The molecule has 16 heavy (non-hydrogen) atoms. The Bertz CT molecular complexity index is 320. The highest BCUT2D eigenvalue weighted by Crippen LogP contribution is 2.04. The molecule has 0 spiro atoms. The molecular formula is C11H20N4O. The molecule has 5 heteroatoms. The van der Waals surface area contributed by atoms with E-state index in [1.807, 2.05) is 19.6 Å². The normalized spacial score (nSPS) is 21.6. The summed E-state index contributed by atoms with van der Waals surface area (Å²) < 4.78 is 7.72. The van der Waals surface area contributed by atoms with Crippen LogP contribution in [0.3, 0.4) is 0 Å². The molecule has 0 saturated carbocycles. The van der Waals surface area contributed by atoms with Gasteiger partial charge in [-0.25, -0.2) is 4.98 Å². The zero-order valence-electron chi connectivity index (χ0n) is 10.0. The zero-order valence-corrected chi connectivity index (χ0v) is 10.0. The number of likely N-dealkylation sites (N-methyl/N-ethyl adjacent to an activating group) is 1. The van der Waals surface area contributed by atoms with E-state index in [0.29, 0.717) is 6.10 Å². The quantitative estimate of drug-likeness (QED) is 0.772. The molecule has 1 aromatic rings. The monoisotopic (exact) mass is 224 g/mol. The fourth-order valence-electron chi connectivity index (χ4n) is 1.96. The van der Waals surface area contributed by atoms with E-state index in [1.165, 1.54) is 5.69 Å². The highest BCUT2D eigenvalue weighted by Gasteiger charge is 2.15. The van der Waals surface area contributed by atoms with Crippen molar-refractivity contribution in [2.75, 3.05) is 33.3 Å². The van der Waals surface area contributed by atoms with Crippen LogP contribution in [0.25, 0.3) is 0 Å². The number of aryl methyl sites for hydroxylation is 1. The first kappa shape index (κ1) is 11.6. The second kappa shape index (κ2) is 5.43. The molecule has 1 aliphatic heterocycles. The van der Waals surface area contributed by atoms with Gasteiger partial charge in [-0.1, -0.05) is 0 Å². The number of imidazole rings is 1. The Morgan fingerprint density at radius 1 is 1.69 bits per heavy atom. The summed E-state index contributed by atoms with van der Waals surface area (Å²) in [6.07, 6.45) is 4.06. The lowest BCUT2D eigenvalue weighted by Crippen LogP contribution is -2.44. The van der Waals surface area contributed by atoms with Crippen LogP contribution in [-0.4, -0.2) is 53.8 Å². The van der Waals surface area contributed by atoms with Crippen LogP contribution < -0.4 is 5.32 Å². The van der Waals surface area contributed by atoms with Crippen LogP contribution in [-0.2, 0) is 18.3 Å². The van der Waals surface area contributed by atoms with Crippen molar-refractivity contribution in [2.24, 2.45) is 7.05 Å². The van der Waals surface area contributed by atoms with Gasteiger partial charge in [0.15, 0.2) is 0 Å². The second-order valence-corrected chi connectivity index (χ2v) is 4.39. The Morgan fingerprint density at radius 3 is 3.19 bits per heavy atom. The van der Waals surface area contributed by atoms with Crippen molar-refractivity contribution in [3.63, 3.8) is 0 Å². The van der Waals surface area contributed by atoms with E-state index in [4.69, 9.17) is 4.74 Å². The summed E-state index contributed by atoms with van der Waals surface area (Å²) in [6, 6.07) is 0. The van der Waals surface area contributed by atoms with E-state index in [9.17, 15) is 0 Å². The minimum Gasteiger partial charge on any atom is -0.374 e. The van der Waals surface area contributed by atoms with Crippen molar-refractivity contribution in [2.45, 2.75) is 12.6 Å². The topological polar surface area (TPSA) is 42.3 Å². The minimum absolute atomic E-state index is 0.312. The number of nitrogens with one attached hydrogen (secondary N) is 1. The van der Waals surface area contributed by atoms with Gasteiger partial charge in [0.25, 0.3) is 0 Å². The van der Waals surface area contributed by atoms with Crippen molar-refractivity contribution in [3.8, 4) is 0 Å². The Balaban J connectivity index is 1.79. The molecule has 1 aromatic heterocycles. The number of rotatable bonds is 4. The van der Waals surface area contributed by atoms with Crippen LogP contribution in [0.15, 0.2) is 12.5 Å². The molecule has 1 fully saturated rings. The molecule has 1 aliphatic rings. The molecule has 2 rings (SSSR count). The molecular weight excluding hydrogens is 204 g/mol. The largest absolute Gasteiger partial charge is 0.374 e. The van der Waals surface area contributed by atoms with E-state index in [0.717, 1.165) is 32.8 Å². The van der Waals surface area contributed by atoms with Crippen LogP contribution >= 0.6 is 0 Å². The van der Waals surface area contributed by atoms with Gasteiger partial charge >= 0.3 is 0 Å². The molecule has 1 saturated heterocycles. The molecule has 0 radical (unpaired) electrons. The summed E-state index contributed by atoms with van der Waals surface area (Å²) in [5, 5.41) is 3.34. The van der Waals surface area contributed by atoms with Gasteiger partial charge in [0.1, 0.15) is 0 Å². The lowest BCUT2D eigenvalue weighted by molar-refractivity contribution is 0.00856. The van der Waals surface area contributed by atoms with Gasteiger partial charge in [-0.15, -0.1) is 0 Å². The first-order chi connectivity index (χ1) is 7.75. The predicted octanol–water partition coefficient (Wildman–Crippen LogP) is -0.160. The fourth-order valence-corrected chi connectivity index (χ4v) is 1.96. The first-order valence-corrected chi connectivity index (χ1v) is 5.72. The number of hydrogen-bond acceptors (Lipinski definition) is 4. The van der Waals surface area contributed by atoms with E-state index in [2.05, 4.69) is 26.8 Å². The van der Waals surface area contributed by atoms with Gasteiger partial charge in [-0.3, -0.25) is 4.90 Å². The van der Waals surface area contributed by atoms with Crippen LogP contribution in [0.1, 0.15) is 5.69 Å². The molecule has 1 N–H and O–H groups in total. The highest BCUT2D eigenvalue weighted by atomic mass is 16.5. The van der Waals surface area contributed by atoms with Crippen molar-refractivity contribution in [1.82, 2.24) is 19.8 Å². The maximum Gasteiger partial charge on any atom is 0.0945 e. The molecule has 1 unspecified atom stereocenters. The standard InChI is InChI=1S/C11H20N4O/c1-14(7-10-5-13-9-15(10)2)8-11-6-12-3-4-16-11/h5,9,11-12H,3-4,6-8H2,1-2H3. The summed E-state index contributed by atoms with van der Waals surface area (Å²) >= 11 is 0. The van der Waals surface area contributed by atoms with Crippen molar-refractivity contribution < 1.29 is 4.74 Å². The van der Waals surface area contributed by atoms with Crippen molar-refractivity contribution >= 4 is 0 Å². The third-order valence-corrected chi connectivity index (χ3v) is 2.87. The van der Waals surface area contributed by atoms with Gasteiger partial charge in [-0.2, -0.15) is 0 Å².